The summed E-state index contributed by atoms with van der Waals surface area (Å²) in [7, 11) is 0. The minimum Gasteiger partial charge on any atom is -0.507 e. The van der Waals surface area contributed by atoms with Gasteiger partial charge in [-0.25, -0.2) is 22.2 Å². The zero-order chi connectivity index (χ0) is 34.7. The molecule has 2 aromatic heterocycles. The van der Waals surface area contributed by atoms with Crippen molar-refractivity contribution in [1.29, 1.82) is 0 Å². The second-order valence-corrected chi connectivity index (χ2v) is 11.4. The van der Waals surface area contributed by atoms with Gasteiger partial charge in [0.1, 0.15) is 11.6 Å². The number of aliphatic hydroxyl groups excluding tert-OH is 1. The highest BCUT2D eigenvalue weighted by molar-refractivity contribution is 6.41. The Balaban J connectivity index is 1.20. The van der Waals surface area contributed by atoms with Gasteiger partial charge in [-0.15, -0.1) is 0 Å². The third kappa shape index (κ3) is 7.15. The first-order chi connectivity index (χ1) is 23.6. The number of pyridine rings is 1. The lowest BCUT2D eigenvalue weighted by molar-refractivity contribution is -0.142. The number of carbonyl (C=O) groups excluding carboxylic acids is 2. The lowest BCUT2D eigenvalue weighted by Crippen LogP contribution is -2.50. The van der Waals surface area contributed by atoms with Crippen LogP contribution in [0.15, 0.2) is 102 Å². The molecule has 1 aliphatic rings. The Bertz CT molecular complexity index is 2110. The summed E-state index contributed by atoms with van der Waals surface area (Å²) in [4.78, 5) is 43.0. The van der Waals surface area contributed by atoms with Gasteiger partial charge in [0.2, 0.25) is 5.78 Å². The number of halogens is 4. The molecular formula is C36H29F4N5O4. The predicted octanol–water partition coefficient (Wildman–Crippen LogP) is 5.05. The van der Waals surface area contributed by atoms with Crippen molar-refractivity contribution in [1.82, 2.24) is 19.2 Å². The number of rotatable bonds is 9. The Morgan fingerprint density at radius 3 is 2.22 bits per heavy atom. The molecule has 0 aliphatic carbocycles. The van der Waals surface area contributed by atoms with E-state index in [2.05, 4.69) is 10.00 Å². The largest absolute Gasteiger partial charge is 0.507 e. The molecule has 0 radical (unpaired) electrons. The molecule has 0 spiro atoms. The molecular weight excluding hydrogens is 642 g/mol. The molecule has 0 saturated carbocycles. The summed E-state index contributed by atoms with van der Waals surface area (Å²) >= 11 is 0. The molecule has 9 nitrogen and oxygen atoms in total. The molecule has 1 N–H and O–H groups in total. The monoisotopic (exact) mass is 671 g/mol. The van der Waals surface area contributed by atoms with Gasteiger partial charge in [-0.2, -0.15) is 5.10 Å². The molecule has 13 heteroatoms. The van der Waals surface area contributed by atoms with E-state index in [-0.39, 0.29) is 42.7 Å². The number of hydrogen-bond donors (Lipinski definition) is 1. The van der Waals surface area contributed by atoms with E-state index in [1.807, 2.05) is 36.5 Å². The first-order valence-electron chi connectivity index (χ1n) is 15.3. The van der Waals surface area contributed by atoms with Gasteiger partial charge >= 0.3 is 0 Å². The number of piperazine rings is 1. The fourth-order valence-corrected chi connectivity index (χ4v) is 5.65. The van der Waals surface area contributed by atoms with E-state index in [4.69, 9.17) is 0 Å². The van der Waals surface area contributed by atoms with Crippen LogP contribution in [0.4, 0.5) is 23.2 Å². The number of aliphatic hydroxyl groups is 1. The van der Waals surface area contributed by atoms with Crippen molar-refractivity contribution in [3.8, 4) is 5.69 Å². The SMILES string of the molecule is O=C(C=C(O)c1cc(Cc2ccc(F)c(F)c2F)cn(Cc2ccccc2F)c1=O)C(=O)N1CCN(c2ccc(-n3cccn3)cc2)CC1. The van der Waals surface area contributed by atoms with Crippen molar-refractivity contribution in [3.05, 3.63) is 153 Å². The lowest BCUT2D eigenvalue weighted by atomic mass is 10.0. The van der Waals surface area contributed by atoms with E-state index in [9.17, 15) is 37.1 Å². The third-order valence-corrected chi connectivity index (χ3v) is 8.26. The maximum Gasteiger partial charge on any atom is 0.294 e. The molecule has 6 rings (SSSR count). The Kier molecular flexibility index (Phi) is 9.42. The minimum absolute atomic E-state index is 0.120. The summed E-state index contributed by atoms with van der Waals surface area (Å²) < 4.78 is 59.3. The highest BCUT2D eigenvalue weighted by Gasteiger charge is 2.26. The number of aromatic nitrogens is 3. The fraction of sp³-hybridized carbons (Fsp3) is 0.167. The number of carbonyl (C=O) groups is 2. The fourth-order valence-electron chi connectivity index (χ4n) is 5.65. The molecule has 1 amide bonds. The Hall–Kier alpha value is -5.98. The van der Waals surface area contributed by atoms with Crippen molar-refractivity contribution < 1.29 is 32.3 Å². The number of anilines is 1. The van der Waals surface area contributed by atoms with Crippen LogP contribution in [0.1, 0.15) is 22.3 Å². The van der Waals surface area contributed by atoms with E-state index in [1.165, 1.54) is 29.3 Å². The summed E-state index contributed by atoms with van der Waals surface area (Å²) in [5.41, 5.74) is 0.587. The van der Waals surface area contributed by atoms with Gasteiger partial charge < -0.3 is 19.5 Å². The molecule has 250 valence electrons. The van der Waals surface area contributed by atoms with Crippen LogP contribution < -0.4 is 10.5 Å². The lowest BCUT2D eigenvalue weighted by Gasteiger charge is -2.35. The highest BCUT2D eigenvalue weighted by atomic mass is 19.2. The van der Waals surface area contributed by atoms with Crippen LogP contribution in [-0.2, 0) is 22.6 Å². The average molecular weight is 672 g/mol. The van der Waals surface area contributed by atoms with Crippen molar-refractivity contribution in [3.63, 3.8) is 0 Å². The molecule has 3 aromatic carbocycles. The molecule has 0 unspecified atom stereocenters. The Labute approximate surface area is 277 Å². The van der Waals surface area contributed by atoms with Crippen LogP contribution in [0, 0.1) is 23.3 Å². The van der Waals surface area contributed by atoms with Gasteiger partial charge in [0, 0.05) is 68.5 Å². The maximum absolute atomic E-state index is 14.5. The van der Waals surface area contributed by atoms with Gasteiger partial charge in [-0.05, 0) is 59.7 Å². The van der Waals surface area contributed by atoms with E-state index in [1.54, 1.807) is 16.9 Å². The zero-order valence-corrected chi connectivity index (χ0v) is 25.9. The van der Waals surface area contributed by atoms with Gasteiger partial charge in [0.15, 0.2) is 17.5 Å². The second-order valence-electron chi connectivity index (χ2n) is 11.4. The van der Waals surface area contributed by atoms with Gasteiger partial charge in [0.05, 0.1) is 17.8 Å². The molecule has 0 bridgehead atoms. The van der Waals surface area contributed by atoms with Crippen LogP contribution in [0.25, 0.3) is 11.4 Å². The highest BCUT2D eigenvalue weighted by Crippen LogP contribution is 2.22. The summed E-state index contributed by atoms with van der Waals surface area (Å²) in [6.07, 6.45) is 5.07. The normalized spacial score (nSPS) is 13.5. The Morgan fingerprint density at radius 2 is 1.53 bits per heavy atom. The van der Waals surface area contributed by atoms with Crippen LogP contribution in [0.2, 0.25) is 0 Å². The molecule has 1 saturated heterocycles. The Morgan fingerprint density at radius 1 is 0.816 bits per heavy atom. The minimum atomic E-state index is -1.67. The smallest absolute Gasteiger partial charge is 0.294 e. The molecule has 0 atom stereocenters. The van der Waals surface area contributed by atoms with Crippen molar-refractivity contribution in [2.75, 3.05) is 31.1 Å². The van der Waals surface area contributed by atoms with Gasteiger partial charge in [0.25, 0.3) is 11.5 Å². The summed E-state index contributed by atoms with van der Waals surface area (Å²) in [5, 5.41) is 15.2. The molecule has 1 aliphatic heterocycles. The van der Waals surface area contributed by atoms with E-state index >= 15 is 0 Å². The van der Waals surface area contributed by atoms with Crippen LogP contribution >= 0.6 is 0 Å². The van der Waals surface area contributed by atoms with Crippen molar-refractivity contribution in [2.45, 2.75) is 13.0 Å². The number of nitrogens with zero attached hydrogens (tertiary/aromatic N) is 5. The molecule has 3 heterocycles. The van der Waals surface area contributed by atoms with Crippen molar-refractivity contribution >= 4 is 23.1 Å². The van der Waals surface area contributed by atoms with Crippen molar-refractivity contribution in [2.24, 2.45) is 0 Å². The standard InChI is InChI=1S/C36H29F4N5O4/c37-29-5-2-1-4-25(29)22-44-21-23(18-24-6-11-30(38)34(40)33(24)39)19-28(35(44)48)31(46)20-32(47)36(49)43-16-14-42(15-17-43)26-7-9-27(10-8-26)45-13-3-12-41-45/h1-13,19-21,46H,14-18,22H2. The predicted molar refractivity (Wildman–Crippen MR) is 173 cm³/mol. The number of amides is 1. The zero-order valence-electron chi connectivity index (χ0n) is 25.9. The summed E-state index contributed by atoms with van der Waals surface area (Å²) in [6, 6.07) is 18.1. The second kappa shape index (κ2) is 14.0. The summed E-state index contributed by atoms with van der Waals surface area (Å²) in [5.74, 6) is -7.89. The number of hydrogen-bond acceptors (Lipinski definition) is 6. The quantitative estimate of drug-likeness (QED) is 0.0775. The van der Waals surface area contributed by atoms with Crippen LogP contribution in [0.5, 0.6) is 0 Å². The van der Waals surface area contributed by atoms with Gasteiger partial charge in [-0.3, -0.25) is 14.4 Å². The first kappa shape index (κ1) is 32.9. The van der Waals surface area contributed by atoms with Crippen LogP contribution in [-0.4, -0.2) is 62.2 Å². The summed E-state index contributed by atoms with van der Waals surface area (Å²) in [6.45, 7) is 1.04. The van der Waals surface area contributed by atoms with E-state index < -0.39 is 51.8 Å². The van der Waals surface area contributed by atoms with Gasteiger partial charge in [-0.1, -0.05) is 24.3 Å². The van der Waals surface area contributed by atoms with E-state index in [0.29, 0.717) is 19.2 Å². The first-order valence-corrected chi connectivity index (χ1v) is 15.3. The molecule has 5 aromatic rings. The van der Waals surface area contributed by atoms with E-state index in [0.717, 1.165) is 34.1 Å². The molecule has 1 fully saturated rings. The molecule has 49 heavy (non-hydrogen) atoms. The van der Waals surface area contributed by atoms with Crippen LogP contribution in [0.3, 0.4) is 0 Å². The third-order valence-electron chi connectivity index (χ3n) is 8.26. The maximum atomic E-state index is 14.5. The number of benzene rings is 3. The topological polar surface area (TPSA) is 101 Å². The number of ketones is 1. The average Bonchev–Trinajstić information content (AvgIpc) is 3.66.